The molecule has 2 aromatic carbocycles. The Bertz CT molecular complexity index is 857. The summed E-state index contributed by atoms with van der Waals surface area (Å²) in [6.45, 7) is 0. The number of ether oxygens (including phenoxy) is 1. The first-order chi connectivity index (χ1) is 12.6. The lowest BCUT2D eigenvalue weighted by atomic mass is 9.80. The van der Waals surface area contributed by atoms with Crippen LogP contribution in [-0.2, 0) is 14.3 Å². The van der Waals surface area contributed by atoms with Crippen molar-refractivity contribution < 1.29 is 14.3 Å². The van der Waals surface area contributed by atoms with Crippen molar-refractivity contribution in [2.45, 2.75) is 6.04 Å². The highest BCUT2D eigenvalue weighted by Gasteiger charge is 2.31. The van der Waals surface area contributed by atoms with Crippen molar-refractivity contribution in [2.24, 2.45) is 5.92 Å². The van der Waals surface area contributed by atoms with E-state index in [0.717, 1.165) is 16.7 Å². The van der Waals surface area contributed by atoms with Crippen LogP contribution in [0.5, 0.6) is 0 Å². The molecule has 1 amide bonds. The zero-order valence-corrected chi connectivity index (χ0v) is 14.9. The second kappa shape index (κ2) is 8.02. The molecule has 26 heavy (non-hydrogen) atoms. The van der Waals surface area contributed by atoms with Gasteiger partial charge in [-0.2, -0.15) is 0 Å². The summed E-state index contributed by atoms with van der Waals surface area (Å²) >= 11 is 5.99. The second-order valence-electron chi connectivity index (χ2n) is 5.91. The minimum Gasteiger partial charge on any atom is -0.466 e. The van der Waals surface area contributed by atoms with Crippen molar-refractivity contribution >= 4 is 29.1 Å². The van der Waals surface area contributed by atoms with Crippen molar-refractivity contribution in [1.82, 2.24) is 5.32 Å². The van der Waals surface area contributed by atoms with Crippen LogP contribution in [0.1, 0.15) is 17.2 Å². The van der Waals surface area contributed by atoms with Gasteiger partial charge in [0.05, 0.1) is 13.2 Å². The molecule has 0 spiro atoms. The lowest BCUT2D eigenvalue weighted by Crippen LogP contribution is -2.36. The Balaban J connectivity index is 2.06. The zero-order valence-electron chi connectivity index (χ0n) is 14.2. The summed E-state index contributed by atoms with van der Waals surface area (Å²) in [5.41, 5.74) is 2.68. The highest BCUT2D eigenvalue weighted by molar-refractivity contribution is 6.30. The number of hydrogen-bond acceptors (Lipinski definition) is 3. The molecule has 1 N–H and O–H groups in total. The molecular formula is C21H18ClNO3. The molecule has 0 saturated heterocycles. The predicted octanol–water partition coefficient (Wildman–Crippen LogP) is 3.94. The van der Waals surface area contributed by atoms with Gasteiger partial charge >= 0.3 is 5.97 Å². The lowest BCUT2D eigenvalue weighted by Gasteiger charge is -2.32. The maximum Gasteiger partial charge on any atom is 0.330 e. The molecule has 5 heteroatoms. The van der Waals surface area contributed by atoms with Gasteiger partial charge in [0, 0.05) is 23.1 Å². The van der Waals surface area contributed by atoms with E-state index in [1.807, 2.05) is 42.5 Å². The zero-order chi connectivity index (χ0) is 18.5. The molecule has 0 bridgehead atoms. The summed E-state index contributed by atoms with van der Waals surface area (Å²) in [4.78, 5) is 23.9. The lowest BCUT2D eigenvalue weighted by molar-refractivity contribution is -0.134. The fourth-order valence-electron chi connectivity index (χ4n) is 3.03. The van der Waals surface area contributed by atoms with Crippen LogP contribution in [0.2, 0.25) is 5.02 Å². The SMILES string of the molecule is COC(=O)/C=C\[C@H]1C(c2ccccc2)=CC(=O)N[C@@H]1c1ccc(Cl)cc1. The Morgan fingerprint density at radius 3 is 2.46 bits per heavy atom. The third kappa shape index (κ3) is 4.03. The number of halogens is 1. The van der Waals surface area contributed by atoms with Gasteiger partial charge in [0.1, 0.15) is 0 Å². The van der Waals surface area contributed by atoms with Gasteiger partial charge in [0.2, 0.25) is 5.91 Å². The molecule has 0 aliphatic carbocycles. The molecule has 0 radical (unpaired) electrons. The minimum atomic E-state index is -0.441. The third-order valence-electron chi connectivity index (χ3n) is 4.28. The van der Waals surface area contributed by atoms with E-state index in [4.69, 9.17) is 16.3 Å². The molecule has 0 aromatic heterocycles. The maximum atomic E-state index is 12.3. The van der Waals surface area contributed by atoms with Crippen LogP contribution < -0.4 is 5.32 Å². The fourth-order valence-corrected chi connectivity index (χ4v) is 3.16. The van der Waals surface area contributed by atoms with Crippen molar-refractivity contribution in [1.29, 1.82) is 0 Å². The number of benzene rings is 2. The smallest absolute Gasteiger partial charge is 0.330 e. The normalized spacial score (nSPS) is 19.8. The number of carbonyl (C=O) groups is 2. The van der Waals surface area contributed by atoms with Gasteiger partial charge in [-0.1, -0.05) is 60.1 Å². The molecule has 0 unspecified atom stereocenters. The van der Waals surface area contributed by atoms with Gasteiger partial charge in [-0.3, -0.25) is 4.79 Å². The van der Waals surface area contributed by atoms with Crippen LogP contribution in [0.4, 0.5) is 0 Å². The minimum absolute atomic E-state index is 0.175. The first-order valence-corrected chi connectivity index (χ1v) is 8.55. The Morgan fingerprint density at radius 1 is 1.12 bits per heavy atom. The molecule has 1 aliphatic rings. The van der Waals surface area contributed by atoms with Crippen LogP contribution in [0.25, 0.3) is 5.57 Å². The molecule has 132 valence electrons. The van der Waals surface area contributed by atoms with E-state index >= 15 is 0 Å². The molecule has 1 aliphatic heterocycles. The average molecular weight is 368 g/mol. The number of amides is 1. The molecule has 0 fully saturated rings. The highest BCUT2D eigenvalue weighted by Crippen LogP contribution is 2.38. The van der Waals surface area contributed by atoms with E-state index < -0.39 is 5.97 Å². The van der Waals surface area contributed by atoms with Gasteiger partial charge in [-0.25, -0.2) is 4.79 Å². The average Bonchev–Trinajstić information content (AvgIpc) is 2.67. The van der Waals surface area contributed by atoms with Crippen molar-refractivity contribution in [3.8, 4) is 0 Å². The number of rotatable bonds is 4. The standard InChI is InChI=1S/C21H18ClNO3/c1-26-20(25)12-11-17-18(14-5-3-2-4-6-14)13-19(24)23-21(17)15-7-9-16(22)10-8-15/h2-13,17,21H,1H3,(H,23,24)/b12-11-/t17-,21+/m0/s1. The van der Waals surface area contributed by atoms with E-state index in [2.05, 4.69) is 5.32 Å². The number of esters is 1. The predicted molar refractivity (Wildman–Crippen MR) is 101 cm³/mol. The highest BCUT2D eigenvalue weighted by atomic mass is 35.5. The Kier molecular flexibility index (Phi) is 5.54. The van der Waals surface area contributed by atoms with Gasteiger partial charge in [-0.05, 0) is 28.8 Å². The topological polar surface area (TPSA) is 55.4 Å². The van der Waals surface area contributed by atoms with Gasteiger partial charge in [-0.15, -0.1) is 0 Å². The first kappa shape index (κ1) is 18.0. The summed E-state index contributed by atoms with van der Waals surface area (Å²) in [5.74, 6) is -0.842. The quantitative estimate of drug-likeness (QED) is 0.657. The molecular weight excluding hydrogens is 350 g/mol. The van der Waals surface area contributed by atoms with Gasteiger partial charge in [0.25, 0.3) is 0 Å². The Labute approximate surface area is 157 Å². The van der Waals surface area contributed by atoms with E-state index in [9.17, 15) is 9.59 Å². The Morgan fingerprint density at radius 2 is 1.81 bits per heavy atom. The van der Waals surface area contributed by atoms with Gasteiger partial charge in [0.15, 0.2) is 0 Å². The number of carbonyl (C=O) groups excluding carboxylic acids is 2. The largest absolute Gasteiger partial charge is 0.466 e. The molecule has 3 rings (SSSR count). The molecule has 4 nitrogen and oxygen atoms in total. The summed E-state index contributed by atoms with van der Waals surface area (Å²) in [5, 5.41) is 3.60. The number of methoxy groups -OCH3 is 1. The number of nitrogens with one attached hydrogen (secondary N) is 1. The third-order valence-corrected chi connectivity index (χ3v) is 4.53. The monoisotopic (exact) mass is 367 g/mol. The van der Waals surface area contributed by atoms with Crippen LogP contribution in [-0.4, -0.2) is 19.0 Å². The molecule has 1 heterocycles. The van der Waals surface area contributed by atoms with E-state index in [-0.39, 0.29) is 17.9 Å². The maximum absolute atomic E-state index is 12.3. The van der Waals surface area contributed by atoms with Crippen molar-refractivity contribution in [3.05, 3.63) is 89.0 Å². The van der Waals surface area contributed by atoms with Crippen LogP contribution in [0.15, 0.2) is 72.8 Å². The summed E-state index contributed by atoms with van der Waals surface area (Å²) in [6, 6.07) is 16.6. The van der Waals surface area contributed by atoms with E-state index in [0.29, 0.717) is 5.02 Å². The molecule has 0 saturated carbocycles. The van der Waals surface area contributed by atoms with E-state index in [1.54, 1.807) is 24.3 Å². The summed E-state index contributed by atoms with van der Waals surface area (Å²) < 4.78 is 4.71. The Hall–Kier alpha value is -2.85. The second-order valence-corrected chi connectivity index (χ2v) is 6.35. The molecule has 2 aromatic rings. The van der Waals surface area contributed by atoms with Crippen molar-refractivity contribution in [2.75, 3.05) is 7.11 Å². The van der Waals surface area contributed by atoms with Crippen LogP contribution in [0, 0.1) is 5.92 Å². The summed E-state index contributed by atoms with van der Waals surface area (Å²) in [7, 11) is 1.33. The van der Waals surface area contributed by atoms with Crippen LogP contribution >= 0.6 is 11.6 Å². The van der Waals surface area contributed by atoms with E-state index in [1.165, 1.54) is 13.2 Å². The van der Waals surface area contributed by atoms with Crippen molar-refractivity contribution in [3.63, 3.8) is 0 Å². The van der Waals surface area contributed by atoms with Gasteiger partial charge < -0.3 is 10.1 Å². The first-order valence-electron chi connectivity index (χ1n) is 8.17. The summed E-state index contributed by atoms with van der Waals surface area (Å²) in [6.07, 6.45) is 4.74. The molecule has 2 atom stereocenters. The van der Waals surface area contributed by atoms with Crippen LogP contribution in [0.3, 0.4) is 0 Å². The fraction of sp³-hybridized carbons (Fsp3) is 0.143. The number of hydrogen-bond donors (Lipinski definition) is 1.